The predicted molar refractivity (Wildman–Crippen MR) is 87.7 cm³/mol. The molecule has 2 aromatic rings. The van der Waals surface area contributed by atoms with Gasteiger partial charge in [-0.25, -0.2) is 0 Å². The number of hydrogen-bond donors (Lipinski definition) is 2. The highest BCUT2D eigenvalue weighted by molar-refractivity contribution is 7.07. The lowest BCUT2D eigenvalue weighted by Crippen LogP contribution is -2.31. The van der Waals surface area contributed by atoms with E-state index in [0.29, 0.717) is 13.2 Å². The van der Waals surface area contributed by atoms with Crippen molar-refractivity contribution in [2.24, 2.45) is 0 Å². The maximum atomic E-state index is 9.92. The molecule has 3 nitrogen and oxygen atoms in total. The molecule has 4 heteroatoms. The van der Waals surface area contributed by atoms with Crippen molar-refractivity contribution in [3.8, 4) is 0 Å². The molecule has 0 spiro atoms. The molecule has 0 saturated carbocycles. The van der Waals surface area contributed by atoms with Crippen molar-refractivity contribution in [1.29, 1.82) is 0 Å². The first kappa shape index (κ1) is 16.2. The molecule has 0 radical (unpaired) electrons. The summed E-state index contributed by atoms with van der Waals surface area (Å²) in [7, 11) is 0. The van der Waals surface area contributed by atoms with Gasteiger partial charge in [0.1, 0.15) is 0 Å². The van der Waals surface area contributed by atoms with E-state index in [1.54, 1.807) is 11.3 Å². The highest BCUT2D eigenvalue weighted by Gasteiger charge is 2.09. The van der Waals surface area contributed by atoms with Gasteiger partial charge in [0.25, 0.3) is 0 Å². The highest BCUT2D eigenvalue weighted by Crippen LogP contribution is 2.15. The summed E-state index contributed by atoms with van der Waals surface area (Å²) < 4.78 is 5.70. The molecule has 0 aliphatic carbocycles. The van der Waals surface area contributed by atoms with Gasteiger partial charge >= 0.3 is 0 Å². The SMILES string of the molecule is CC(OCC(O)CNCCc1ccsc1)c1ccccc1. The Morgan fingerprint density at radius 3 is 2.76 bits per heavy atom. The second-order valence-electron chi connectivity index (χ2n) is 5.13. The van der Waals surface area contributed by atoms with E-state index in [9.17, 15) is 5.11 Å². The van der Waals surface area contributed by atoms with Crippen molar-refractivity contribution in [3.63, 3.8) is 0 Å². The second-order valence-corrected chi connectivity index (χ2v) is 5.91. The van der Waals surface area contributed by atoms with Gasteiger partial charge in [0.05, 0.1) is 18.8 Å². The second kappa shape index (κ2) is 8.95. The van der Waals surface area contributed by atoms with Gasteiger partial charge in [-0.1, -0.05) is 30.3 Å². The van der Waals surface area contributed by atoms with Gasteiger partial charge in [-0.3, -0.25) is 0 Å². The van der Waals surface area contributed by atoms with Crippen LogP contribution < -0.4 is 5.32 Å². The summed E-state index contributed by atoms with van der Waals surface area (Å²) in [5, 5.41) is 17.4. The molecule has 1 aromatic heterocycles. The lowest BCUT2D eigenvalue weighted by Gasteiger charge is -2.17. The van der Waals surface area contributed by atoms with Crippen LogP contribution in [0.4, 0.5) is 0 Å². The Bertz CT molecular complexity index is 487. The number of rotatable bonds is 9. The van der Waals surface area contributed by atoms with E-state index in [0.717, 1.165) is 18.5 Å². The number of aliphatic hydroxyl groups excluding tert-OH is 1. The Labute approximate surface area is 130 Å². The smallest absolute Gasteiger partial charge is 0.0897 e. The molecule has 0 aliphatic rings. The quantitative estimate of drug-likeness (QED) is 0.700. The maximum Gasteiger partial charge on any atom is 0.0897 e. The fourth-order valence-corrected chi connectivity index (χ4v) is 2.77. The largest absolute Gasteiger partial charge is 0.389 e. The van der Waals surface area contributed by atoms with Crippen LogP contribution in [0.2, 0.25) is 0 Å². The molecule has 0 saturated heterocycles. The van der Waals surface area contributed by atoms with Crippen molar-refractivity contribution in [2.75, 3.05) is 19.7 Å². The summed E-state index contributed by atoms with van der Waals surface area (Å²) in [5.74, 6) is 0. The van der Waals surface area contributed by atoms with Gasteiger partial charge in [-0.2, -0.15) is 11.3 Å². The monoisotopic (exact) mass is 305 g/mol. The first-order valence-electron chi connectivity index (χ1n) is 7.32. The van der Waals surface area contributed by atoms with Crippen LogP contribution in [0.5, 0.6) is 0 Å². The third kappa shape index (κ3) is 5.98. The molecule has 0 bridgehead atoms. The molecular formula is C17H23NO2S. The number of benzene rings is 1. The molecule has 2 rings (SSSR count). The molecular weight excluding hydrogens is 282 g/mol. The Hall–Kier alpha value is -1.20. The minimum Gasteiger partial charge on any atom is -0.389 e. The number of nitrogens with one attached hydrogen (secondary N) is 1. The van der Waals surface area contributed by atoms with Gasteiger partial charge in [-0.05, 0) is 47.8 Å². The molecule has 21 heavy (non-hydrogen) atoms. The number of hydrogen-bond acceptors (Lipinski definition) is 4. The first-order chi connectivity index (χ1) is 10.3. The van der Waals surface area contributed by atoms with E-state index < -0.39 is 6.10 Å². The first-order valence-corrected chi connectivity index (χ1v) is 8.26. The lowest BCUT2D eigenvalue weighted by molar-refractivity contribution is -0.00192. The summed E-state index contributed by atoms with van der Waals surface area (Å²) in [6, 6.07) is 12.2. The minimum atomic E-state index is -0.473. The molecule has 0 amide bonds. The van der Waals surface area contributed by atoms with Crippen molar-refractivity contribution in [1.82, 2.24) is 5.32 Å². The van der Waals surface area contributed by atoms with Gasteiger partial charge in [0, 0.05) is 6.54 Å². The molecule has 114 valence electrons. The van der Waals surface area contributed by atoms with Crippen molar-refractivity contribution >= 4 is 11.3 Å². The molecule has 2 unspecified atom stereocenters. The van der Waals surface area contributed by atoms with Crippen LogP contribution in [0.15, 0.2) is 47.2 Å². The molecule has 0 fully saturated rings. The standard InChI is InChI=1S/C17H23NO2S/c1-14(16-5-3-2-4-6-16)20-12-17(19)11-18-9-7-15-8-10-21-13-15/h2-6,8,10,13-14,17-19H,7,9,11-12H2,1H3. The molecule has 1 heterocycles. The van der Waals surface area contributed by atoms with Crippen LogP contribution in [0.25, 0.3) is 0 Å². The number of ether oxygens (including phenoxy) is 1. The predicted octanol–water partition coefficient (Wildman–Crippen LogP) is 3.02. The van der Waals surface area contributed by atoms with Gasteiger partial charge in [0.15, 0.2) is 0 Å². The fourth-order valence-electron chi connectivity index (χ4n) is 2.07. The third-order valence-electron chi connectivity index (χ3n) is 3.36. The van der Waals surface area contributed by atoms with Crippen LogP contribution in [0, 0.1) is 0 Å². The van der Waals surface area contributed by atoms with Crippen LogP contribution in [-0.2, 0) is 11.2 Å². The lowest BCUT2D eigenvalue weighted by atomic mass is 10.1. The number of aliphatic hydroxyl groups is 1. The summed E-state index contributed by atoms with van der Waals surface area (Å²) in [5.41, 5.74) is 2.48. The van der Waals surface area contributed by atoms with Crippen LogP contribution >= 0.6 is 11.3 Å². The summed E-state index contributed by atoms with van der Waals surface area (Å²) in [6.07, 6.45) is 0.530. The average Bonchev–Trinajstić information content (AvgIpc) is 3.03. The van der Waals surface area contributed by atoms with Crippen molar-refractivity contribution < 1.29 is 9.84 Å². The Kier molecular flexibility index (Phi) is 6.89. The third-order valence-corrected chi connectivity index (χ3v) is 4.09. The van der Waals surface area contributed by atoms with E-state index in [1.165, 1.54) is 5.56 Å². The Balaban J connectivity index is 1.58. The van der Waals surface area contributed by atoms with E-state index >= 15 is 0 Å². The fraction of sp³-hybridized carbons (Fsp3) is 0.412. The normalized spacial score (nSPS) is 14.0. The zero-order valence-electron chi connectivity index (χ0n) is 12.4. The highest BCUT2D eigenvalue weighted by atomic mass is 32.1. The Morgan fingerprint density at radius 2 is 2.05 bits per heavy atom. The van der Waals surface area contributed by atoms with Crippen molar-refractivity contribution in [3.05, 3.63) is 58.3 Å². The van der Waals surface area contributed by atoms with Gasteiger partial charge in [0.2, 0.25) is 0 Å². The summed E-state index contributed by atoms with van der Waals surface area (Å²) >= 11 is 1.72. The van der Waals surface area contributed by atoms with Gasteiger partial charge < -0.3 is 15.2 Å². The van der Waals surface area contributed by atoms with E-state index in [2.05, 4.69) is 22.1 Å². The molecule has 2 atom stereocenters. The van der Waals surface area contributed by atoms with Crippen LogP contribution in [0.3, 0.4) is 0 Å². The summed E-state index contributed by atoms with van der Waals surface area (Å²) in [4.78, 5) is 0. The topological polar surface area (TPSA) is 41.5 Å². The molecule has 0 aliphatic heterocycles. The van der Waals surface area contributed by atoms with E-state index in [1.807, 2.05) is 37.3 Å². The molecule has 1 aromatic carbocycles. The Morgan fingerprint density at radius 1 is 1.24 bits per heavy atom. The zero-order valence-corrected chi connectivity index (χ0v) is 13.2. The van der Waals surface area contributed by atoms with Gasteiger partial charge in [-0.15, -0.1) is 0 Å². The average molecular weight is 305 g/mol. The van der Waals surface area contributed by atoms with E-state index in [4.69, 9.17) is 4.74 Å². The maximum absolute atomic E-state index is 9.92. The van der Waals surface area contributed by atoms with Crippen molar-refractivity contribution in [2.45, 2.75) is 25.6 Å². The number of thiophene rings is 1. The van der Waals surface area contributed by atoms with Crippen LogP contribution in [0.1, 0.15) is 24.2 Å². The summed E-state index contributed by atoms with van der Waals surface area (Å²) in [6.45, 7) is 3.79. The molecule has 2 N–H and O–H groups in total. The van der Waals surface area contributed by atoms with Crippen LogP contribution in [-0.4, -0.2) is 30.9 Å². The van der Waals surface area contributed by atoms with E-state index in [-0.39, 0.29) is 6.10 Å². The minimum absolute atomic E-state index is 0.00616. The zero-order chi connectivity index (χ0) is 14.9.